The van der Waals surface area contributed by atoms with Crippen LogP contribution in [0.15, 0.2) is 18.2 Å². The van der Waals surface area contributed by atoms with E-state index in [1.54, 1.807) is 0 Å². The molecular formula is C20H24N2O5. The van der Waals surface area contributed by atoms with Gasteiger partial charge in [0.1, 0.15) is 0 Å². The smallest absolute Gasteiger partial charge is 0.235 e. The number of benzene rings is 1. The van der Waals surface area contributed by atoms with Crippen LogP contribution < -0.4 is 14.4 Å². The van der Waals surface area contributed by atoms with E-state index in [0.29, 0.717) is 38.6 Å². The first-order valence-electron chi connectivity index (χ1n) is 9.74. The van der Waals surface area contributed by atoms with Crippen LogP contribution in [-0.4, -0.2) is 56.4 Å². The highest BCUT2D eigenvalue weighted by atomic mass is 16.7. The van der Waals surface area contributed by atoms with Crippen LogP contribution in [0.4, 0.5) is 5.69 Å². The third-order valence-electron chi connectivity index (χ3n) is 6.43. The van der Waals surface area contributed by atoms with E-state index in [1.165, 1.54) is 0 Å². The van der Waals surface area contributed by atoms with E-state index >= 15 is 0 Å². The molecule has 4 aliphatic rings. The Morgan fingerprint density at radius 3 is 2.56 bits per heavy atom. The molecule has 0 radical (unpaired) electrons. The zero-order chi connectivity index (χ0) is 18.4. The molecule has 0 unspecified atom stereocenters. The molecule has 3 saturated heterocycles. The Kier molecular flexibility index (Phi) is 4.00. The van der Waals surface area contributed by atoms with Gasteiger partial charge in [-0.2, -0.15) is 0 Å². The fraction of sp³-hybridized carbons (Fsp3) is 0.600. The molecule has 1 aromatic rings. The zero-order valence-corrected chi connectivity index (χ0v) is 15.3. The van der Waals surface area contributed by atoms with E-state index in [-0.39, 0.29) is 29.9 Å². The van der Waals surface area contributed by atoms with E-state index in [0.717, 1.165) is 37.1 Å². The summed E-state index contributed by atoms with van der Waals surface area (Å²) in [6, 6.07) is 5.63. The Bertz CT molecular complexity index is 766. The van der Waals surface area contributed by atoms with Crippen molar-refractivity contribution in [3.05, 3.63) is 18.2 Å². The highest BCUT2D eigenvalue weighted by Gasteiger charge is 2.54. The Hall–Kier alpha value is -2.28. The molecule has 0 bridgehead atoms. The van der Waals surface area contributed by atoms with Gasteiger partial charge in [0, 0.05) is 50.5 Å². The topological polar surface area (TPSA) is 68.3 Å². The molecule has 2 amide bonds. The SMILES string of the molecule is O=C(C1CCOCC1)N1CCC2(CC1)CN(c1ccc3c(c1)OCO3)C2=O. The van der Waals surface area contributed by atoms with Crippen LogP contribution in [0.1, 0.15) is 25.7 Å². The van der Waals surface area contributed by atoms with E-state index in [1.807, 2.05) is 28.0 Å². The van der Waals surface area contributed by atoms with Gasteiger partial charge >= 0.3 is 0 Å². The van der Waals surface area contributed by atoms with Crippen molar-refractivity contribution in [2.24, 2.45) is 11.3 Å². The lowest BCUT2D eigenvalue weighted by atomic mass is 9.70. The highest BCUT2D eigenvalue weighted by Crippen LogP contribution is 2.46. The standard InChI is InChI=1S/C20H24N2O5/c23-18(14-3-9-25-10-4-14)21-7-5-20(6-8-21)12-22(19(20)24)15-1-2-16-17(11-15)27-13-26-16/h1-2,11,14H,3-10,12-13H2. The lowest BCUT2D eigenvalue weighted by molar-refractivity contribution is -0.147. The van der Waals surface area contributed by atoms with Gasteiger partial charge in [0.2, 0.25) is 18.6 Å². The number of likely N-dealkylation sites (tertiary alicyclic amines) is 1. The Morgan fingerprint density at radius 2 is 1.81 bits per heavy atom. The molecule has 144 valence electrons. The lowest BCUT2D eigenvalue weighted by Crippen LogP contribution is -2.65. The van der Waals surface area contributed by atoms with Crippen molar-refractivity contribution in [2.45, 2.75) is 25.7 Å². The monoisotopic (exact) mass is 372 g/mol. The van der Waals surface area contributed by atoms with Crippen LogP contribution in [0.2, 0.25) is 0 Å². The maximum atomic E-state index is 13.0. The largest absolute Gasteiger partial charge is 0.454 e. The van der Waals surface area contributed by atoms with Crippen molar-refractivity contribution in [2.75, 3.05) is 44.5 Å². The summed E-state index contributed by atoms with van der Waals surface area (Å²) in [7, 11) is 0. The maximum Gasteiger partial charge on any atom is 0.235 e. The molecule has 0 atom stereocenters. The number of nitrogens with zero attached hydrogens (tertiary/aromatic N) is 2. The van der Waals surface area contributed by atoms with Gasteiger partial charge in [-0.15, -0.1) is 0 Å². The van der Waals surface area contributed by atoms with Gasteiger partial charge in [-0.1, -0.05) is 0 Å². The second kappa shape index (κ2) is 6.41. The second-order valence-electron chi connectivity index (χ2n) is 7.92. The van der Waals surface area contributed by atoms with Crippen LogP contribution in [0.25, 0.3) is 0 Å². The van der Waals surface area contributed by atoms with Gasteiger partial charge in [0.05, 0.1) is 5.41 Å². The summed E-state index contributed by atoms with van der Waals surface area (Å²) in [5.41, 5.74) is 0.554. The molecule has 1 aromatic carbocycles. The van der Waals surface area contributed by atoms with Crippen LogP contribution in [0.5, 0.6) is 11.5 Å². The number of rotatable bonds is 2. The summed E-state index contributed by atoms with van der Waals surface area (Å²) in [4.78, 5) is 29.4. The summed E-state index contributed by atoms with van der Waals surface area (Å²) in [6.45, 7) is 3.65. The van der Waals surface area contributed by atoms with Gasteiger partial charge in [0.15, 0.2) is 11.5 Å². The number of ether oxygens (including phenoxy) is 3. The van der Waals surface area contributed by atoms with Gasteiger partial charge < -0.3 is 24.0 Å². The molecule has 7 heteroatoms. The fourth-order valence-electron chi connectivity index (χ4n) is 4.63. The van der Waals surface area contributed by atoms with Crippen LogP contribution in [0.3, 0.4) is 0 Å². The molecule has 0 aromatic heterocycles. The minimum atomic E-state index is -0.303. The Balaban J connectivity index is 1.21. The van der Waals surface area contributed by atoms with E-state index in [9.17, 15) is 9.59 Å². The summed E-state index contributed by atoms with van der Waals surface area (Å²) in [5.74, 6) is 1.92. The highest BCUT2D eigenvalue weighted by molar-refractivity contribution is 6.05. The molecular weight excluding hydrogens is 348 g/mol. The first-order valence-corrected chi connectivity index (χ1v) is 9.74. The number of β-lactam (4-membered cyclic amide) rings is 1. The first-order chi connectivity index (χ1) is 13.2. The maximum absolute atomic E-state index is 13.0. The quantitative estimate of drug-likeness (QED) is 0.741. The van der Waals surface area contributed by atoms with E-state index in [2.05, 4.69) is 0 Å². The number of piperidine rings is 1. The second-order valence-corrected chi connectivity index (χ2v) is 7.92. The van der Waals surface area contributed by atoms with Crippen molar-refractivity contribution >= 4 is 17.5 Å². The number of carbonyl (C=O) groups is 2. The van der Waals surface area contributed by atoms with Crippen LogP contribution >= 0.6 is 0 Å². The molecule has 3 fully saturated rings. The summed E-state index contributed by atoms with van der Waals surface area (Å²) in [6.07, 6.45) is 3.14. The normalized spacial score (nSPS) is 24.2. The van der Waals surface area contributed by atoms with Crippen LogP contribution in [-0.2, 0) is 14.3 Å². The van der Waals surface area contributed by atoms with Gasteiger partial charge in [-0.3, -0.25) is 9.59 Å². The minimum absolute atomic E-state index is 0.0926. The predicted octanol–water partition coefficient (Wildman–Crippen LogP) is 1.80. The fourth-order valence-corrected chi connectivity index (χ4v) is 4.63. The van der Waals surface area contributed by atoms with Gasteiger partial charge in [0.25, 0.3) is 0 Å². The zero-order valence-electron chi connectivity index (χ0n) is 15.3. The molecule has 0 N–H and O–H groups in total. The van der Waals surface area contributed by atoms with E-state index < -0.39 is 0 Å². The number of amides is 2. The van der Waals surface area contributed by atoms with Crippen molar-refractivity contribution in [3.63, 3.8) is 0 Å². The number of carbonyl (C=O) groups excluding carboxylic acids is 2. The third-order valence-corrected chi connectivity index (χ3v) is 6.43. The molecule has 0 aliphatic carbocycles. The van der Waals surface area contributed by atoms with Crippen molar-refractivity contribution < 1.29 is 23.8 Å². The number of hydrogen-bond acceptors (Lipinski definition) is 5. The number of anilines is 1. The number of fused-ring (bicyclic) bond motifs is 1. The molecule has 27 heavy (non-hydrogen) atoms. The molecule has 0 saturated carbocycles. The summed E-state index contributed by atoms with van der Waals surface area (Å²) in [5, 5.41) is 0. The van der Waals surface area contributed by atoms with Crippen molar-refractivity contribution in [1.82, 2.24) is 4.90 Å². The van der Waals surface area contributed by atoms with Crippen LogP contribution in [0, 0.1) is 11.3 Å². The Morgan fingerprint density at radius 1 is 1.07 bits per heavy atom. The first kappa shape index (κ1) is 16.9. The van der Waals surface area contributed by atoms with Crippen molar-refractivity contribution in [3.8, 4) is 11.5 Å². The molecule has 7 nitrogen and oxygen atoms in total. The lowest BCUT2D eigenvalue weighted by Gasteiger charge is -2.52. The number of hydrogen-bond donors (Lipinski definition) is 0. The molecule has 4 aliphatic heterocycles. The van der Waals surface area contributed by atoms with Gasteiger partial charge in [-0.05, 0) is 37.8 Å². The minimum Gasteiger partial charge on any atom is -0.454 e. The summed E-state index contributed by atoms with van der Waals surface area (Å²) >= 11 is 0. The third kappa shape index (κ3) is 2.76. The molecule has 4 heterocycles. The predicted molar refractivity (Wildman–Crippen MR) is 96.7 cm³/mol. The molecule has 5 rings (SSSR count). The van der Waals surface area contributed by atoms with E-state index in [4.69, 9.17) is 14.2 Å². The van der Waals surface area contributed by atoms with Crippen molar-refractivity contribution in [1.29, 1.82) is 0 Å². The summed E-state index contributed by atoms with van der Waals surface area (Å²) < 4.78 is 16.1. The Labute approximate surface area is 158 Å². The molecule has 1 spiro atoms. The average molecular weight is 372 g/mol. The average Bonchev–Trinajstić information content (AvgIpc) is 3.20. The van der Waals surface area contributed by atoms with Gasteiger partial charge in [-0.25, -0.2) is 0 Å².